The largest absolute Gasteiger partial charge is 0.334 e. The molecule has 5 heteroatoms. The second-order valence-corrected chi connectivity index (χ2v) is 4.60. The quantitative estimate of drug-likeness (QED) is 0.726. The minimum absolute atomic E-state index is 0.461. The van der Waals surface area contributed by atoms with Gasteiger partial charge in [0.2, 0.25) is 5.82 Å². The Kier molecular flexibility index (Phi) is 2.90. The van der Waals surface area contributed by atoms with E-state index < -0.39 is 0 Å². The van der Waals surface area contributed by atoms with Crippen LogP contribution in [0.25, 0.3) is 22.8 Å². The van der Waals surface area contributed by atoms with E-state index in [2.05, 4.69) is 31.1 Å². The second-order valence-electron chi connectivity index (χ2n) is 3.68. The molecule has 0 spiro atoms. The first-order valence-electron chi connectivity index (χ1n) is 5.33. The minimum atomic E-state index is 0.461. The SMILES string of the molecule is Brc1cncc(-c2nc(-c3ccccc3)no2)c1. The molecule has 2 heterocycles. The fraction of sp³-hybridized carbons (Fsp3) is 0. The van der Waals surface area contributed by atoms with Crippen molar-refractivity contribution in [3.63, 3.8) is 0 Å². The van der Waals surface area contributed by atoms with Crippen molar-refractivity contribution >= 4 is 15.9 Å². The molecule has 3 aromatic rings. The van der Waals surface area contributed by atoms with Crippen LogP contribution < -0.4 is 0 Å². The van der Waals surface area contributed by atoms with Crippen molar-refractivity contribution in [1.82, 2.24) is 15.1 Å². The number of aromatic nitrogens is 3. The van der Waals surface area contributed by atoms with Gasteiger partial charge in [-0.2, -0.15) is 4.98 Å². The van der Waals surface area contributed by atoms with Gasteiger partial charge in [0, 0.05) is 22.4 Å². The average Bonchev–Trinajstić information content (AvgIpc) is 2.89. The van der Waals surface area contributed by atoms with Crippen LogP contribution in [0.3, 0.4) is 0 Å². The lowest BCUT2D eigenvalue weighted by Crippen LogP contribution is -1.82. The number of hydrogen-bond donors (Lipinski definition) is 0. The van der Waals surface area contributed by atoms with Crippen molar-refractivity contribution in [3.8, 4) is 22.8 Å². The smallest absolute Gasteiger partial charge is 0.259 e. The highest BCUT2D eigenvalue weighted by Gasteiger charge is 2.10. The molecule has 0 radical (unpaired) electrons. The Bertz CT molecular complexity index is 667. The molecule has 0 saturated heterocycles. The van der Waals surface area contributed by atoms with Gasteiger partial charge in [-0.15, -0.1) is 0 Å². The lowest BCUT2D eigenvalue weighted by molar-refractivity contribution is 0.432. The summed E-state index contributed by atoms with van der Waals surface area (Å²) in [4.78, 5) is 8.42. The predicted octanol–water partition coefficient (Wildman–Crippen LogP) is 3.56. The molecule has 4 nitrogen and oxygen atoms in total. The maximum Gasteiger partial charge on any atom is 0.259 e. The van der Waals surface area contributed by atoms with Crippen LogP contribution in [0, 0.1) is 0 Å². The third-order valence-electron chi connectivity index (χ3n) is 2.41. The van der Waals surface area contributed by atoms with Crippen LogP contribution >= 0.6 is 15.9 Å². The summed E-state index contributed by atoms with van der Waals surface area (Å²) in [7, 11) is 0. The zero-order chi connectivity index (χ0) is 12.4. The summed E-state index contributed by atoms with van der Waals surface area (Å²) in [5.41, 5.74) is 1.72. The summed E-state index contributed by atoms with van der Waals surface area (Å²) in [5.74, 6) is 1.04. The molecule has 18 heavy (non-hydrogen) atoms. The Hall–Kier alpha value is -2.01. The zero-order valence-corrected chi connectivity index (χ0v) is 10.8. The van der Waals surface area contributed by atoms with Crippen LogP contribution in [0.15, 0.2) is 57.8 Å². The normalized spacial score (nSPS) is 10.5. The first-order chi connectivity index (χ1) is 8.83. The van der Waals surface area contributed by atoms with Crippen LogP contribution in [0.1, 0.15) is 0 Å². The van der Waals surface area contributed by atoms with E-state index in [1.807, 2.05) is 36.4 Å². The van der Waals surface area contributed by atoms with Crippen LogP contribution in [0.2, 0.25) is 0 Å². The van der Waals surface area contributed by atoms with Crippen molar-refractivity contribution in [2.24, 2.45) is 0 Å². The van der Waals surface area contributed by atoms with Gasteiger partial charge in [-0.1, -0.05) is 35.5 Å². The number of nitrogens with zero attached hydrogens (tertiary/aromatic N) is 3. The molecule has 3 rings (SSSR count). The molecule has 2 aromatic heterocycles. The molecule has 0 atom stereocenters. The Balaban J connectivity index is 2.00. The fourth-order valence-corrected chi connectivity index (χ4v) is 1.94. The fourth-order valence-electron chi connectivity index (χ4n) is 1.57. The van der Waals surface area contributed by atoms with Crippen molar-refractivity contribution in [3.05, 3.63) is 53.3 Å². The highest BCUT2D eigenvalue weighted by atomic mass is 79.9. The molecular formula is C13H8BrN3O. The molecule has 0 aliphatic carbocycles. The number of pyridine rings is 1. The summed E-state index contributed by atoms with van der Waals surface area (Å²) >= 11 is 3.36. The highest BCUT2D eigenvalue weighted by Crippen LogP contribution is 2.23. The van der Waals surface area contributed by atoms with Crippen molar-refractivity contribution < 1.29 is 4.52 Å². The van der Waals surface area contributed by atoms with Crippen LogP contribution in [0.5, 0.6) is 0 Å². The molecule has 0 fully saturated rings. The van der Waals surface area contributed by atoms with Gasteiger partial charge in [-0.25, -0.2) is 0 Å². The van der Waals surface area contributed by atoms with E-state index in [4.69, 9.17) is 4.52 Å². The lowest BCUT2D eigenvalue weighted by Gasteiger charge is -1.93. The molecular weight excluding hydrogens is 294 g/mol. The molecule has 0 unspecified atom stereocenters. The van der Waals surface area contributed by atoms with E-state index in [1.54, 1.807) is 12.4 Å². The maximum absolute atomic E-state index is 5.24. The van der Waals surface area contributed by atoms with E-state index in [9.17, 15) is 0 Å². The summed E-state index contributed by atoms with van der Waals surface area (Å²) in [5, 5.41) is 3.96. The maximum atomic E-state index is 5.24. The molecule has 0 saturated carbocycles. The zero-order valence-electron chi connectivity index (χ0n) is 9.25. The van der Waals surface area contributed by atoms with Crippen LogP contribution in [-0.2, 0) is 0 Å². The van der Waals surface area contributed by atoms with E-state index >= 15 is 0 Å². The summed E-state index contributed by atoms with van der Waals surface area (Å²) in [6, 6.07) is 11.6. The van der Waals surface area contributed by atoms with Gasteiger partial charge in [0.1, 0.15) is 0 Å². The van der Waals surface area contributed by atoms with Crippen molar-refractivity contribution in [2.75, 3.05) is 0 Å². The minimum Gasteiger partial charge on any atom is -0.334 e. The first-order valence-corrected chi connectivity index (χ1v) is 6.12. The van der Waals surface area contributed by atoms with E-state index in [-0.39, 0.29) is 0 Å². The van der Waals surface area contributed by atoms with Gasteiger partial charge < -0.3 is 4.52 Å². The lowest BCUT2D eigenvalue weighted by atomic mass is 10.2. The van der Waals surface area contributed by atoms with Gasteiger partial charge in [0.25, 0.3) is 5.89 Å². The molecule has 0 aliphatic rings. The molecule has 0 aliphatic heterocycles. The third-order valence-corrected chi connectivity index (χ3v) is 2.84. The topological polar surface area (TPSA) is 51.8 Å². The molecule has 0 amide bonds. The summed E-state index contributed by atoms with van der Waals surface area (Å²) < 4.78 is 6.11. The van der Waals surface area contributed by atoms with Crippen LogP contribution in [0.4, 0.5) is 0 Å². The Labute approximate surface area is 112 Å². The van der Waals surface area contributed by atoms with Crippen molar-refractivity contribution in [2.45, 2.75) is 0 Å². The predicted molar refractivity (Wildman–Crippen MR) is 70.7 cm³/mol. The number of halogens is 1. The summed E-state index contributed by atoms with van der Waals surface area (Å²) in [6.45, 7) is 0. The van der Waals surface area contributed by atoms with Gasteiger partial charge in [0.05, 0.1) is 5.56 Å². The molecule has 0 bridgehead atoms. The second kappa shape index (κ2) is 4.70. The number of benzene rings is 1. The van der Waals surface area contributed by atoms with Crippen molar-refractivity contribution in [1.29, 1.82) is 0 Å². The molecule has 88 valence electrons. The Morgan fingerprint density at radius 1 is 1.00 bits per heavy atom. The highest BCUT2D eigenvalue weighted by molar-refractivity contribution is 9.10. The van der Waals surface area contributed by atoms with Gasteiger partial charge in [-0.05, 0) is 22.0 Å². The Morgan fingerprint density at radius 3 is 2.61 bits per heavy atom. The number of rotatable bonds is 2. The van der Waals surface area contributed by atoms with E-state index in [0.29, 0.717) is 11.7 Å². The van der Waals surface area contributed by atoms with Gasteiger partial charge in [-0.3, -0.25) is 4.98 Å². The van der Waals surface area contributed by atoms with Crippen LogP contribution in [-0.4, -0.2) is 15.1 Å². The average molecular weight is 302 g/mol. The monoisotopic (exact) mass is 301 g/mol. The first kappa shape index (κ1) is 11.1. The Morgan fingerprint density at radius 2 is 1.83 bits per heavy atom. The number of hydrogen-bond acceptors (Lipinski definition) is 4. The van der Waals surface area contributed by atoms with E-state index in [0.717, 1.165) is 15.6 Å². The molecule has 1 aromatic carbocycles. The standard InChI is InChI=1S/C13H8BrN3O/c14-11-6-10(7-15-8-11)13-16-12(17-18-13)9-4-2-1-3-5-9/h1-8H. The third kappa shape index (κ3) is 2.17. The van der Waals surface area contributed by atoms with E-state index in [1.165, 1.54) is 0 Å². The summed E-state index contributed by atoms with van der Waals surface area (Å²) in [6.07, 6.45) is 3.39. The van der Waals surface area contributed by atoms with Gasteiger partial charge in [0.15, 0.2) is 0 Å². The molecule has 0 N–H and O–H groups in total. The van der Waals surface area contributed by atoms with Gasteiger partial charge >= 0.3 is 0 Å².